The first kappa shape index (κ1) is 50.1. The Bertz CT molecular complexity index is 1080. The van der Waals surface area contributed by atoms with E-state index in [4.69, 9.17) is 50.0 Å². The number of carbonyl (C=O) groups is 1. The maximum absolute atomic E-state index is 12.4. The molecule has 46 heavy (non-hydrogen) atoms. The van der Waals surface area contributed by atoms with Gasteiger partial charge in [-0.25, -0.2) is 0 Å². The first-order valence-electron chi connectivity index (χ1n) is 12.9. The summed E-state index contributed by atoms with van der Waals surface area (Å²) in [4.78, 5) is 32.0. The van der Waals surface area contributed by atoms with Crippen molar-refractivity contribution in [2.24, 2.45) is 0 Å². The van der Waals surface area contributed by atoms with Gasteiger partial charge in [-0.1, -0.05) is 23.6 Å². The van der Waals surface area contributed by atoms with Crippen molar-refractivity contribution >= 4 is 5.97 Å². The minimum absolute atomic E-state index is 0. The minimum atomic E-state index is -1.75. The second-order valence-electron chi connectivity index (χ2n) is 9.63. The van der Waals surface area contributed by atoms with Gasteiger partial charge in [-0.3, -0.25) is 0 Å². The Labute approximate surface area is 311 Å². The van der Waals surface area contributed by atoms with Gasteiger partial charge in [0.2, 0.25) is 0 Å². The number of carboxylic acids is 1. The van der Waals surface area contributed by atoms with Gasteiger partial charge in [0.15, 0.2) is 0 Å². The van der Waals surface area contributed by atoms with Gasteiger partial charge in [0.1, 0.15) is 11.5 Å². The van der Waals surface area contributed by atoms with Crippen LogP contribution in [-0.2, 0) is 37.4 Å². The fourth-order valence-corrected chi connectivity index (χ4v) is 3.70. The fraction of sp³-hybridized carbons (Fsp3) is 0.519. The molecule has 0 heterocycles. The van der Waals surface area contributed by atoms with E-state index in [9.17, 15) is 10.2 Å². The summed E-state index contributed by atoms with van der Waals surface area (Å²) in [7, 11) is 9.20. The van der Waals surface area contributed by atoms with E-state index < -0.39 is 16.1 Å². The maximum Gasteiger partial charge on any atom is 3.00 e. The van der Waals surface area contributed by atoms with Crippen LogP contribution in [0.15, 0.2) is 24.3 Å². The molecule has 2 aromatic carbocycles. The normalized spacial score (nSPS) is 9.63. The molecular weight excluding hydrogens is 817 g/mol. The van der Waals surface area contributed by atoms with Crippen molar-refractivity contribution in [1.29, 1.82) is 0 Å². The molecule has 0 saturated heterocycles. The van der Waals surface area contributed by atoms with Crippen LogP contribution >= 0.6 is 0 Å². The zero-order valence-electron chi connectivity index (χ0n) is 27.2. The van der Waals surface area contributed by atoms with Crippen LogP contribution in [-0.4, -0.2) is 92.4 Å². The van der Waals surface area contributed by atoms with Crippen LogP contribution in [0.2, 0.25) is 0 Å². The van der Waals surface area contributed by atoms with Crippen molar-refractivity contribution in [3.8, 4) is 23.0 Å². The molecule has 0 spiro atoms. The Hall–Kier alpha value is -2.73. The summed E-state index contributed by atoms with van der Waals surface area (Å²) in [6.45, 7) is 9.54. The summed E-state index contributed by atoms with van der Waals surface area (Å²) in [5, 5.41) is 63.3. The van der Waals surface area contributed by atoms with Crippen molar-refractivity contribution < 1.29 is 97.0 Å². The Morgan fingerprint density at radius 2 is 0.935 bits per heavy atom. The van der Waals surface area contributed by atoms with Crippen LogP contribution in [0.4, 0.5) is 0 Å². The molecule has 2 rings (SSSR count). The molecule has 2 aromatic rings. The number of methoxy groups -OCH3 is 2. The first-order chi connectivity index (χ1) is 20.3. The molecule has 0 aliphatic heterocycles. The summed E-state index contributed by atoms with van der Waals surface area (Å²) in [5.41, 5.74) is 3.57. The number of hydrogen-bond acceptors (Lipinski definition) is 15. The van der Waals surface area contributed by atoms with Crippen LogP contribution in [0.25, 0.3) is 0 Å². The Morgan fingerprint density at radius 3 is 1.17 bits per heavy atom. The largest absolute Gasteiger partial charge is 3.00 e. The van der Waals surface area contributed by atoms with Gasteiger partial charge < -0.3 is 74.9 Å². The molecule has 0 unspecified atom stereocenters. The molecule has 0 radical (unpaired) electrons. The molecule has 0 atom stereocenters. The van der Waals surface area contributed by atoms with Crippen molar-refractivity contribution in [3.05, 3.63) is 77.2 Å². The monoisotopic (exact) mass is 855 g/mol. The van der Waals surface area contributed by atoms with E-state index in [-0.39, 0.29) is 68.7 Å². The van der Waals surface area contributed by atoms with Crippen LogP contribution in [0, 0.1) is 82.2 Å². The SMILES string of the molecule is CC(=O)[O-].COc1cc(C)cc(CN(C)CCN(C)CCN(C)Cc2cc(C)cc(OC)c2[O-])c1[O-].O=[N+]([O-])[O-].O=[N+]([O-])[O-].[Ho+3].[Zn+2]. The molecule has 17 nitrogen and oxygen atoms in total. The number of carbonyl (C=O) groups excluding carboxylic acids is 1. The van der Waals surface area contributed by atoms with E-state index in [1.165, 1.54) is 14.2 Å². The van der Waals surface area contributed by atoms with Gasteiger partial charge in [-0.15, -0.1) is 0 Å². The summed E-state index contributed by atoms with van der Waals surface area (Å²) in [6, 6.07) is 7.42. The Morgan fingerprint density at radius 1 is 0.696 bits per heavy atom. The number of nitrogens with zero attached hydrogens (tertiary/aromatic N) is 5. The Balaban J connectivity index is -0.000000540. The number of carboxylic acid groups (broad SMARTS) is 1. The molecule has 0 aromatic heterocycles. The van der Waals surface area contributed by atoms with Crippen molar-refractivity contribution in [1.82, 2.24) is 14.7 Å². The Kier molecular flexibility index (Phi) is 29.9. The van der Waals surface area contributed by atoms with E-state index >= 15 is 0 Å². The third-order valence-corrected chi connectivity index (χ3v) is 5.60. The van der Waals surface area contributed by atoms with Crippen LogP contribution in [0.5, 0.6) is 23.0 Å². The van der Waals surface area contributed by atoms with Crippen LogP contribution < -0.4 is 24.8 Å². The van der Waals surface area contributed by atoms with Gasteiger partial charge in [0, 0.05) is 45.2 Å². The quantitative estimate of drug-likeness (QED) is 0.158. The molecule has 0 saturated carbocycles. The zero-order chi connectivity index (χ0) is 34.6. The van der Waals surface area contributed by atoms with Gasteiger partial charge >= 0.3 is 57.2 Å². The molecule has 19 heteroatoms. The van der Waals surface area contributed by atoms with Crippen molar-refractivity contribution in [2.75, 3.05) is 61.5 Å². The number of aliphatic carboxylic acids is 1. The molecule has 0 N–H and O–H groups in total. The number of ether oxygens (including phenoxy) is 2. The standard InChI is InChI=1S/C25H39N3O4.C2H4O2.Ho.2NO3.Zn/c1-18-12-20(24(29)22(14-18)31-6)16-27(4)10-8-26(3)9-11-28(5)17-21-13-19(2)15-23(32-7)25(21)30;1-2(3)4;;2*2-1(3)4;/h12-15,29-30H,8-11,16-17H2,1-7H3;1H3,(H,3,4);;;;/q;;+3;2*-1;+2/p-3. The topological polar surface area (TPSA) is 247 Å². The second kappa shape index (κ2) is 27.4. The third kappa shape index (κ3) is 25.5. The third-order valence-electron chi connectivity index (χ3n) is 5.60. The number of aryl methyl sites for hydroxylation is 2. The summed E-state index contributed by atoms with van der Waals surface area (Å²) in [6.07, 6.45) is 0. The van der Waals surface area contributed by atoms with E-state index in [0.717, 1.165) is 55.4 Å². The van der Waals surface area contributed by atoms with Crippen molar-refractivity contribution in [2.45, 2.75) is 33.9 Å². The van der Waals surface area contributed by atoms with Gasteiger partial charge in [0.05, 0.1) is 24.4 Å². The van der Waals surface area contributed by atoms with Gasteiger partial charge in [-0.2, -0.15) is 0 Å². The van der Waals surface area contributed by atoms with E-state index in [1.54, 1.807) is 12.1 Å². The minimum Gasteiger partial charge on any atom is -0.870 e. The average molecular weight is 857 g/mol. The van der Waals surface area contributed by atoms with E-state index in [0.29, 0.717) is 24.6 Å². The van der Waals surface area contributed by atoms with Gasteiger partial charge in [-0.05, 0) is 76.3 Å². The predicted molar refractivity (Wildman–Crippen MR) is 156 cm³/mol. The molecule has 258 valence electrons. The fourth-order valence-electron chi connectivity index (χ4n) is 3.70. The predicted octanol–water partition coefficient (Wildman–Crippen LogP) is 0.239. The molecule has 0 bridgehead atoms. The number of rotatable bonds is 12. The van der Waals surface area contributed by atoms with Gasteiger partial charge in [0.25, 0.3) is 0 Å². The second-order valence-corrected chi connectivity index (χ2v) is 9.63. The molecule has 0 aliphatic rings. The zero-order valence-corrected chi connectivity index (χ0v) is 32.1. The molecular formula is C27H40HoN5O12Zn. The maximum atomic E-state index is 12.4. The molecule has 0 fully saturated rings. The summed E-state index contributed by atoms with van der Waals surface area (Å²) >= 11 is 0. The first-order valence-corrected chi connectivity index (χ1v) is 12.9. The number of likely N-dealkylation sites (N-methyl/N-ethyl adjacent to an activating group) is 3. The summed E-state index contributed by atoms with van der Waals surface area (Å²) < 4.78 is 10.4. The number of benzene rings is 2. The average Bonchev–Trinajstić information content (AvgIpc) is 2.89. The van der Waals surface area contributed by atoms with Crippen molar-refractivity contribution in [3.63, 3.8) is 0 Å². The van der Waals surface area contributed by atoms with Crippen LogP contribution in [0.1, 0.15) is 29.2 Å². The summed E-state index contributed by atoms with van der Waals surface area (Å²) in [5.74, 6) is -0.349. The van der Waals surface area contributed by atoms with Crippen LogP contribution in [0.3, 0.4) is 0 Å². The van der Waals surface area contributed by atoms with E-state index in [2.05, 4.69) is 21.7 Å². The molecule has 0 aliphatic carbocycles. The molecule has 0 amide bonds. The van der Waals surface area contributed by atoms with E-state index in [1.807, 2.05) is 40.1 Å². The smallest absolute Gasteiger partial charge is 0.870 e. The number of hydrogen-bond donors (Lipinski definition) is 0.